The Hall–Kier alpha value is -1.42. The van der Waals surface area contributed by atoms with Crippen molar-refractivity contribution in [2.75, 3.05) is 13.1 Å². The van der Waals surface area contributed by atoms with Gasteiger partial charge in [0.15, 0.2) is 0 Å². The third kappa shape index (κ3) is 5.39. The molecule has 0 spiro atoms. The normalized spacial score (nSPS) is 11.5. The number of aliphatic carboxylic acids is 1. The van der Waals surface area contributed by atoms with Crippen LogP contribution in [0.5, 0.6) is 0 Å². The first kappa shape index (κ1) is 15.6. The van der Waals surface area contributed by atoms with Gasteiger partial charge in [0.05, 0.1) is 0 Å². The topological polar surface area (TPSA) is 49.3 Å². The van der Waals surface area contributed by atoms with E-state index in [9.17, 15) is 9.18 Å². The van der Waals surface area contributed by atoms with Gasteiger partial charge < -0.3 is 10.4 Å². The molecule has 0 radical (unpaired) electrons. The Morgan fingerprint density at radius 2 is 2.00 bits per heavy atom. The first-order chi connectivity index (χ1) is 8.93. The van der Waals surface area contributed by atoms with Gasteiger partial charge in [0, 0.05) is 18.4 Å². The molecular formula is C15H22FNO2. The van der Waals surface area contributed by atoms with Crippen LogP contribution < -0.4 is 5.32 Å². The van der Waals surface area contributed by atoms with Gasteiger partial charge in [-0.3, -0.25) is 4.79 Å². The largest absolute Gasteiger partial charge is 0.481 e. The van der Waals surface area contributed by atoms with Crippen LogP contribution in [0.25, 0.3) is 0 Å². The van der Waals surface area contributed by atoms with Crippen molar-refractivity contribution in [3.05, 3.63) is 35.6 Å². The predicted molar refractivity (Wildman–Crippen MR) is 73.8 cm³/mol. The summed E-state index contributed by atoms with van der Waals surface area (Å²) in [5.41, 5.74) is 0.422. The van der Waals surface area contributed by atoms with E-state index in [1.807, 2.05) is 19.9 Å². The van der Waals surface area contributed by atoms with Crippen molar-refractivity contribution < 1.29 is 14.3 Å². The van der Waals surface area contributed by atoms with Crippen molar-refractivity contribution >= 4 is 5.97 Å². The summed E-state index contributed by atoms with van der Waals surface area (Å²) in [4.78, 5) is 10.4. The number of rotatable bonds is 8. The van der Waals surface area contributed by atoms with Gasteiger partial charge in [-0.25, -0.2) is 4.39 Å². The second kappa shape index (κ2) is 7.24. The van der Waals surface area contributed by atoms with Crippen LogP contribution in [-0.2, 0) is 10.2 Å². The van der Waals surface area contributed by atoms with Crippen LogP contribution in [0.1, 0.15) is 38.7 Å². The molecule has 0 aliphatic heterocycles. The van der Waals surface area contributed by atoms with Gasteiger partial charge in [-0.1, -0.05) is 32.0 Å². The number of hydrogen-bond acceptors (Lipinski definition) is 2. The van der Waals surface area contributed by atoms with Gasteiger partial charge in [-0.05, 0) is 31.0 Å². The van der Waals surface area contributed by atoms with Crippen LogP contribution in [0, 0.1) is 5.82 Å². The van der Waals surface area contributed by atoms with E-state index in [1.54, 1.807) is 12.1 Å². The molecular weight excluding hydrogens is 245 g/mol. The van der Waals surface area contributed by atoms with Gasteiger partial charge in [0.2, 0.25) is 0 Å². The minimum atomic E-state index is -0.758. The lowest BCUT2D eigenvalue weighted by Crippen LogP contribution is -2.34. The van der Waals surface area contributed by atoms with E-state index < -0.39 is 5.97 Å². The van der Waals surface area contributed by atoms with Crippen LogP contribution >= 0.6 is 0 Å². The number of unbranched alkanes of at least 4 members (excludes halogenated alkanes) is 1. The maximum atomic E-state index is 13.7. The van der Waals surface area contributed by atoms with Gasteiger partial charge in [-0.15, -0.1) is 0 Å². The number of carbonyl (C=O) groups is 1. The van der Waals surface area contributed by atoms with Crippen molar-refractivity contribution in [1.82, 2.24) is 5.32 Å². The Morgan fingerprint density at radius 3 is 2.63 bits per heavy atom. The summed E-state index contributed by atoms with van der Waals surface area (Å²) in [7, 11) is 0. The first-order valence-electron chi connectivity index (χ1n) is 6.61. The number of carboxylic acid groups (broad SMARTS) is 1. The zero-order chi connectivity index (χ0) is 14.3. The van der Waals surface area contributed by atoms with Gasteiger partial charge in [0.1, 0.15) is 5.82 Å². The molecule has 0 aliphatic carbocycles. The lowest BCUT2D eigenvalue weighted by atomic mass is 9.84. The average molecular weight is 267 g/mol. The van der Waals surface area contributed by atoms with Gasteiger partial charge in [-0.2, -0.15) is 0 Å². The van der Waals surface area contributed by atoms with Crippen LogP contribution in [-0.4, -0.2) is 24.2 Å². The minimum absolute atomic E-state index is 0.180. The molecule has 0 saturated carbocycles. The molecule has 0 aromatic heterocycles. The molecule has 0 amide bonds. The van der Waals surface area contributed by atoms with E-state index in [0.717, 1.165) is 13.0 Å². The van der Waals surface area contributed by atoms with Crippen LogP contribution in [0.15, 0.2) is 24.3 Å². The third-order valence-corrected chi connectivity index (χ3v) is 3.16. The molecule has 1 aromatic carbocycles. The second-order valence-corrected chi connectivity index (χ2v) is 5.39. The zero-order valence-corrected chi connectivity index (χ0v) is 11.6. The van der Waals surface area contributed by atoms with Crippen molar-refractivity contribution in [2.45, 2.75) is 38.5 Å². The summed E-state index contributed by atoms with van der Waals surface area (Å²) in [5, 5.41) is 11.8. The molecule has 0 saturated heterocycles. The molecule has 0 unspecified atom stereocenters. The Balaban J connectivity index is 2.35. The van der Waals surface area contributed by atoms with Crippen molar-refractivity contribution in [2.24, 2.45) is 0 Å². The average Bonchev–Trinajstić information content (AvgIpc) is 2.33. The molecule has 106 valence electrons. The molecule has 0 aliphatic rings. The standard InChI is InChI=1S/C15H22FNO2/c1-15(2,12-7-3-4-8-13(12)16)11-17-10-6-5-9-14(18)19/h3-4,7-8,17H,5-6,9-11H2,1-2H3,(H,18,19). The van der Waals surface area contributed by atoms with E-state index in [2.05, 4.69) is 5.32 Å². The van der Waals surface area contributed by atoms with Gasteiger partial charge in [0.25, 0.3) is 0 Å². The smallest absolute Gasteiger partial charge is 0.303 e. The molecule has 0 fully saturated rings. The fourth-order valence-corrected chi connectivity index (χ4v) is 2.03. The van der Waals surface area contributed by atoms with Crippen LogP contribution in [0.2, 0.25) is 0 Å². The fourth-order valence-electron chi connectivity index (χ4n) is 2.03. The Labute approximate surface area is 113 Å². The maximum Gasteiger partial charge on any atom is 0.303 e. The first-order valence-corrected chi connectivity index (χ1v) is 6.61. The molecule has 0 bridgehead atoms. The third-order valence-electron chi connectivity index (χ3n) is 3.16. The van der Waals surface area contributed by atoms with E-state index in [4.69, 9.17) is 5.11 Å². The highest BCUT2D eigenvalue weighted by atomic mass is 19.1. The number of hydrogen-bond donors (Lipinski definition) is 2. The fraction of sp³-hybridized carbons (Fsp3) is 0.533. The highest BCUT2D eigenvalue weighted by Crippen LogP contribution is 2.24. The van der Waals surface area contributed by atoms with Crippen molar-refractivity contribution in [3.8, 4) is 0 Å². The van der Waals surface area contributed by atoms with E-state index in [-0.39, 0.29) is 17.7 Å². The number of carboxylic acids is 1. The van der Waals surface area contributed by atoms with Crippen LogP contribution in [0.3, 0.4) is 0 Å². The molecule has 1 aromatic rings. The Kier molecular flexibility index (Phi) is 5.96. The zero-order valence-electron chi connectivity index (χ0n) is 11.6. The summed E-state index contributed by atoms with van der Waals surface area (Å²) in [5.74, 6) is -0.938. The highest BCUT2D eigenvalue weighted by molar-refractivity contribution is 5.66. The highest BCUT2D eigenvalue weighted by Gasteiger charge is 2.23. The SMILES string of the molecule is CC(C)(CNCCCCC(=O)O)c1ccccc1F. The molecule has 4 heteroatoms. The predicted octanol–water partition coefficient (Wildman–Crippen LogP) is 2.95. The summed E-state index contributed by atoms with van der Waals surface area (Å²) in [6, 6.07) is 6.81. The summed E-state index contributed by atoms with van der Waals surface area (Å²) >= 11 is 0. The van der Waals surface area contributed by atoms with Crippen LogP contribution in [0.4, 0.5) is 4.39 Å². The summed E-state index contributed by atoms with van der Waals surface area (Å²) < 4.78 is 13.7. The monoisotopic (exact) mass is 267 g/mol. The van der Waals surface area contributed by atoms with Crippen molar-refractivity contribution in [3.63, 3.8) is 0 Å². The Bertz CT molecular complexity index is 418. The van der Waals surface area contributed by atoms with Crippen molar-refractivity contribution in [1.29, 1.82) is 0 Å². The Morgan fingerprint density at radius 1 is 1.32 bits per heavy atom. The molecule has 0 heterocycles. The molecule has 19 heavy (non-hydrogen) atoms. The lowest BCUT2D eigenvalue weighted by Gasteiger charge is -2.26. The lowest BCUT2D eigenvalue weighted by molar-refractivity contribution is -0.137. The number of benzene rings is 1. The minimum Gasteiger partial charge on any atom is -0.481 e. The number of halogens is 1. The second-order valence-electron chi connectivity index (χ2n) is 5.39. The summed E-state index contributed by atoms with van der Waals surface area (Å²) in [6.07, 6.45) is 1.69. The van der Waals surface area contributed by atoms with E-state index >= 15 is 0 Å². The molecule has 2 N–H and O–H groups in total. The summed E-state index contributed by atoms with van der Waals surface area (Å²) in [6.45, 7) is 5.41. The number of nitrogens with one attached hydrogen (secondary N) is 1. The molecule has 1 rings (SSSR count). The maximum absolute atomic E-state index is 13.7. The quantitative estimate of drug-likeness (QED) is 0.712. The molecule has 0 atom stereocenters. The van der Waals surface area contributed by atoms with Gasteiger partial charge >= 0.3 is 5.97 Å². The van der Waals surface area contributed by atoms with E-state index in [1.165, 1.54) is 6.07 Å². The van der Waals surface area contributed by atoms with E-state index in [0.29, 0.717) is 18.5 Å². The molecule has 3 nitrogen and oxygen atoms in total.